The zero-order chi connectivity index (χ0) is 23.8. The van der Waals surface area contributed by atoms with Crippen LogP contribution in [0.25, 0.3) is 11.0 Å². The molecule has 33 heavy (non-hydrogen) atoms. The third kappa shape index (κ3) is 7.08. The number of hydrogen-bond donors (Lipinski definition) is 2. The first-order valence-electron chi connectivity index (χ1n) is 11.5. The fourth-order valence-electron chi connectivity index (χ4n) is 3.19. The molecule has 0 aliphatic heterocycles. The maximum Gasteiger partial charge on any atom is 0.258 e. The minimum absolute atomic E-state index is 0.0245. The Balaban J connectivity index is 1.58. The number of thioether (sulfide) groups is 1. The van der Waals surface area contributed by atoms with Crippen molar-refractivity contribution >= 4 is 34.5 Å². The number of aromatic nitrogens is 4. The van der Waals surface area contributed by atoms with Gasteiger partial charge in [-0.1, -0.05) is 58.5 Å². The molecule has 0 spiro atoms. The molecule has 0 aliphatic rings. The summed E-state index contributed by atoms with van der Waals surface area (Å²) in [5.41, 5.74) is 2.01. The second-order valence-electron chi connectivity index (χ2n) is 8.42. The topological polar surface area (TPSA) is 94.0 Å². The lowest BCUT2D eigenvalue weighted by Crippen LogP contribution is -2.31. The molecule has 3 aromatic rings. The average molecular weight is 471 g/mol. The van der Waals surface area contributed by atoms with Crippen LogP contribution in [0.4, 0.5) is 5.82 Å². The van der Waals surface area contributed by atoms with Crippen molar-refractivity contribution < 1.29 is 9.53 Å². The number of anilines is 1. The summed E-state index contributed by atoms with van der Waals surface area (Å²) in [6, 6.07) is 7.85. The molecule has 178 valence electrons. The molecule has 2 heterocycles. The minimum atomic E-state index is -0.171. The summed E-state index contributed by atoms with van der Waals surface area (Å²) < 4.78 is 7.41. The molecule has 8 nitrogen and oxygen atoms in total. The zero-order valence-electron chi connectivity index (χ0n) is 20.1. The van der Waals surface area contributed by atoms with Crippen LogP contribution in [0.3, 0.4) is 0 Å². The second kappa shape index (κ2) is 11.9. The minimum Gasteiger partial charge on any atom is -0.484 e. The summed E-state index contributed by atoms with van der Waals surface area (Å²) >= 11 is 1.62. The lowest BCUT2D eigenvalue weighted by Gasteiger charge is -2.11. The van der Waals surface area contributed by atoms with Gasteiger partial charge in [-0.3, -0.25) is 4.79 Å². The van der Waals surface area contributed by atoms with E-state index >= 15 is 0 Å². The van der Waals surface area contributed by atoms with Gasteiger partial charge in [0.25, 0.3) is 5.91 Å². The van der Waals surface area contributed by atoms with E-state index in [2.05, 4.69) is 55.3 Å². The van der Waals surface area contributed by atoms with Crippen molar-refractivity contribution in [2.24, 2.45) is 0 Å². The molecule has 0 aliphatic carbocycles. The molecule has 1 aromatic carbocycles. The van der Waals surface area contributed by atoms with Crippen LogP contribution in [0.15, 0.2) is 35.6 Å². The molecule has 2 N–H and O–H groups in total. The van der Waals surface area contributed by atoms with Crippen molar-refractivity contribution in [3.05, 3.63) is 36.0 Å². The SMILES string of the molecule is CCCNc1nc(SC(C)C)nc2c1cnn2CCNC(=O)COc1ccc(C(C)C)cc1. The van der Waals surface area contributed by atoms with Crippen molar-refractivity contribution in [3.8, 4) is 5.75 Å². The van der Waals surface area contributed by atoms with Crippen LogP contribution in [0.2, 0.25) is 0 Å². The normalized spacial score (nSPS) is 11.4. The van der Waals surface area contributed by atoms with Gasteiger partial charge < -0.3 is 15.4 Å². The van der Waals surface area contributed by atoms with Gasteiger partial charge in [-0.25, -0.2) is 14.6 Å². The molecule has 0 fully saturated rings. The van der Waals surface area contributed by atoms with Crippen LogP contribution in [0.1, 0.15) is 52.5 Å². The summed E-state index contributed by atoms with van der Waals surface area (Å²) in [6.45, 7) is 12.4. The number of fused-ring (bicyclic) bond motifs is 1. The zero-order valence-corrected chi connectivity index (χ0v) is 20.9. The fourth-order valence-corrected chi connectivity index (χ4v) is 3.90. The Morgan fingerprint density at radius 3 is 2.55 bits per heavy atom. The van der Waals surface area contributed by atoms with E-state index < -0.39 is 0 Å². The predicted molar refractivity (Wildman–Crippen MR) is 134 cm³/mol. The van der Waals surface area contributed by atoms with Crippen LogP contribution >= 0.6 is 11.8 Å². The number of carbonyl (C=O) groups is 1. The Labute approximate surface area is 199 Å². The van der Waals surface area contributed by atoms with Gasteiger partial charge in [0.05, 0.1) is 18.1 Å². The number of benzene rings is 1. The Hall–Kier alpha value is -2.81. The average Bonchev–Trinajstić information content (AvgIpc) is 3.19. The Bertz CT molecular complexity index is 1050. The Morgan fingerprint density at radius 1 is 1.12 bits per heavy atom. The van der Waals surface area contributed by atoms with E-state index in [1.165, 1.54) is 5.56 Å². The van der Waals surface area contributed by atoms with Crippen molar-refractivity contribution in [2.75, 3.05) is 25.0 Å². The van der Waals surface area contributed by atoms with Gasteiger partial charge in [-0.05, 0) is 30.0 Å². The number of ether oxygens (including phenoxy) is 1. The molecule has 3 rings (SSSR count). The van der Waals surface area contributed by atoms with Crippen molar-refractivity contribution in [1.29, 1.82) is 0 Å². The molecule has 0 bridgehead atoms. The van der Waals surface area contributed by atoms with Gasteiger partial charge in [0, 0.05) is 18.3 Å². The summed E-state index contributed by atoms with van der Waals surface area (Å²) in [6.07, 6.45) is 2.78. The van der Waals surface area contributed by atoms with E-state index in [1.54, 1.807) is 18.0 Å². The van der Waals surface area contributed by atoms with Gasteiger partial charge in [0.2, 0.25) is 0 Å². The number of carbonyl (C=O) groups excluding carboxylic acids is 1. The molecule has 0 unspecified atom stereocenters. The molecule has 0 radical (unpaired) electrons. The van der Waals surface area contributed by atoms with Crippen LogP contribution in [0, 0.1) is 0 Å². The highest BCUT2D eigenvalue weighted by molar-refractivity contribution is 7.99. The maximum atomic E-state index is 12.2. The maximum absolute atomic E-state index is 12.2. The first kappa shape index (κ1) is 24.8. The summed E-state index contributed by atoms with van der Waals surface area (Å²) in [5, 5.41) is 12.7. The molecule has 0 atom stereocenters. The Morgan fingerprint density at radius 2 is 1.88 bits per heavy atom. The van der Waals surface area contributed by atoms with E-state index in [0.717, 1.165) is 35.0 Å². The summed E-state index contributed by atoms with van der Waals surface area (Å²) in [7, 11) is 0. The first-order valence-corrected chi connectivity index (χ1v) is 12.4. The highest BCUT2D eigenvalue weighted by Gasteiger charge is 2.14. The number of hydrogen-bond acceptors (Lipinski definition) is 7. The molecule has 1 amide bonds. The van der Waals surface area contributed by atoms with Gasteiger partial charge >= 0.3 is 0 Å². The van der Waals surface area contributed by atoms with E-state index in [1.807, 2.05) is 28.9 Å². The predicted octanol–water partition coefficient (Wildman–Crippen LogP) is 4.47. The first-order chi connectivity index (χ1) is 15.9. The number of nitrogens with one attached hydrogen (secondary N) is 2. The Kier molecular flexibility index (Phi) is 8.94. The lowest BCUT2D eigenvalue weighted by atomic mass is 10.0. The molecule has 2 aromatic heterocycles. The number of rotatable bonds is 12. The lowest BCUT2D eigenvalue weighted by molar-refractivity contribution is -0.123. The third-order valence-corrected chi connectivity index (χ3v) is 5.79. The van der Waals surface area contributed by atoms with Gasteiger partial charge in [-0.2, -0.15) is 5.10 Å². The van der Waals surface area contributed by atoms with E-state index in [-0.39, 0.29) is 12.5 Å². The smallest absolute Gasteiger partial charge is 0.258 e. The van der Waals surface area contributed by atoms with Crippen LogP contribution in [-0.4, -0.2) is 50.6 Å². The standard InChI is InChI=1S/C24H34N6O2S/c1-6-11-26-22-20-14-27-30(23(20)29-24(28-22)33-17(4)5)13-12-25-21(31)15-32-19-9-7-18(8-10-19)16(2)3/h7-10,14,16-17H,6,11-13,15H2,1-5H3,(H,25,31)(H,26,28,29). The fraction of sp³-hybridized carbons (Fsp3) is 0.500. The van der Waals surface area contributed by atoms with E-state index in [9.17, 15) is 4.79 Å². The largest absolute Gasteiger partial charge is 0.484 e. The summed E-state index contributed by atoms with van der Waals surface area (Å²) in [5.74, 6) is 1.78. The number of nitrogens with zero attached hydrogens (tertiary/aromatic N) is 4. The molecule has 0 saturated carbocycles. The quantitative estimate of drug-likeness (QED) is 0.298. The van der Waals surface area contributed by atoms with Crippen LogP contribution < -0.4 is 15.4 Å². The van der Waals surface area contributed by atoms with Gasteiger partial charge in [0.15, 0.2) is 17.4 Å². The van der Waals surface area contributed by atoms with Gasteiger partial charge in [-0.15, -0.1) is 0 Å². The van der Waals surface area contributed by atoms with E-state index in [4.69, 9.17) is 9.72 Å². The highest BCUT2D eigenvalue weighted by Crippen LogP contribution is 2.26. The van der Waals surface area contributed by atoms with Crippen LogP contribution in [-0.2, 0) is 11.3 Å². The summed E-state index contributed by atoms with van der Waals surface area (Å²) in [4.78, 5) is 21.6. The second-order valence-corrected chi connectivity index (χ2v) is 9.96. The molecule has 9 heteroatoms. The molecular formula is C24H34N6O2S. The van der Waals surface area contributed by atoms with Crippen molar-refractivity contribution in [3.63, 3.8) is 0 Å². The van der Waals surface area contributed by atoms with Crippen molar-refractivity contribution in [1.82, 2.24) is 25.1 Å². The highest BCUT2D eigenvalue weighted by atomic mass is 32.2. The van der Waals surface area contributed by atoms with Crippen molar-refractivity contribution in [2.45, 2.75) is 63.9 Å². The van der Waals surface area contributed by atoms with E-state index in [0.29, 0.717) is 30.0 Å². The number of amides is 1. The van der Waals surface area contributed by atoms with Crippen LogP contribution in [0.5, 0.6) is 5.75 Å². The molecule has 0 saturated heterocycles. The third-order valence-electron chi connectivity index (χ3n) is 4.92. The van der Waals surface area contributed by atoms with Gasteiger partial charge in [0.1, 0.15) is 11.6 Å². The molecular weight excluding hydrogens is 436 g/mol. The monoisotopic (exact) mass is 470 g/mol.